The monoisotopic (exact) mass is 608 g/mol. The zero-order valence-electron chi connectivity index (χ0n) is 22.9. The van der Waals surface area contributed by atoms with Crippen LogP contribution in [-0.2, 0) is 21.4 Å². The van der Waals surface area contributed by atoms with Gasteiger partial charge in [-0.25, -0.2) is 13.2 Å². The Bertz CT molecular complexity index is 1480. The maximum absolute atomic E-state index is 13.3. The average molecular weight is 609 g/mol. The van der Waals surface area contributed by atoms with Gasteiger partial charge in [0.25, 0.3) is 15.9 Å². The number of hydrogen-bond acceptors (Lipinski definition) is 7. The minimum Gasteiger partial charge on any atom is -0.497 e. The summed E-state index contributed by atoms with van der Waals surface area (Å²) in [5.74, 6) is -2.50. The van der Waals surface area contributed by atoms with E-state index in [4.69, 9.17) is 14.6 Å². The number of benzene rings is 3. The number of piperazine rings is 1. The molecular weight excluding hydrogens is 577 g/mol. The average Bonchev–Trinajstić information content (AvgIpc) is 2.97. The van der Waals surface area contributed by atoms with Crippen LogP contribution in [0, 0.1) is 0 Å². The van der Waals surface area contributed by atoms with Crippen LogP contribution in [0.3, 0.4) is 0 Å². The number of nitrogens with one attached hydrogen (secondary N) is 2. The Morgan fingerprint density at radius 3 is 2.26 bits per heavy atom. The van der Waals surface area contributed by atoms with Gasteiger partial charge < -0.3 is 25.0 Å². The summed E-state index contributed by atoms with van der Waals surface area (Å²) in [6.45, 7) is 3.50. The number of carboxylic acids is 1. The van der Waals surface area contributed by atoms with Crippen molar-refractivity contribution in [3.63, 3.8) is 0 Å². The lowest BCUT2D eigenvalue weighted by Crippen LogP contribution is -2.43. The maximum atomic E-state index is 13.3. The molecule has 14 heteroatoms. The molecular formula is C28H31F3N4O6S. The second-order valence-electron chi connectivity index (χ2n) is 9.20. The third-order valence-corrected chi connectivity index (χ3v) is 7.51. The molecule has 4 rings (SSSR count). The van der Waals surface area contributed by atoms with Gasteiger partial charge in [-0.1, -0.05) is 36.4 Å². The molecule has 0 spiro atoms. The van der Waals surface area contributed by atoms with Crippen molar-refractivity contribution < 1.29 is 41.0 Å². The summed E-state index contributed by atoms with van der Waals surface area (Å²) in [4.78, 5) is 25.9. The molecule has 1 aliphatic rings. The highest BCUT2D eigenvalue weighted by molar-refractivity contribution is 7.92. The first-order valence-electron chi connectivity index (χ1n) is 12.7. The van der Waals surface area contributed by atoms with Crippen molar-refractivity contribution >= 4 is 33.3 Å². The number of anilines is 2. The number of carbonyl (C=O) groups is 2. The molecule has 0 aliphatic carbocycles. The van der Waals surface area contributed by atoms with Crippen molar-refractivity contribution in [1.82, 2.24) is 10.2 Å². The van der Waals surface area contributed by atoms with Gasteiger partial charge in [-0.2, -0.15) is 13.2 Å². The van der Waals surface area contributed by atoms with Gasteiger partial charge in [0, 0.05) is 51.4 Å². The largest absolute Gasteiger partial charge is 0.497 e. The zero-order chi connectivity index (χ0) is 30.9. The molecule has 42 heavy (non-hydrogen) atoms. The van der Waals surface area contributed by atoms with E-state index in [0.29, 0.717) is 23.5 Å². The molecule has 3 aromatic rings. The molecule has 0 aromatic heterocycles. The summed E-state index contributed by atoms with van der Waals surface area (Å²) in [6.07, 6.45) is -5.08. The number of amides is 1. The number of carbonyl (C=O) groups excluding carboxylic acids is 1. The van der Waals surface area contributed by atoms with Gasteiger partial charge in [-0.05, 0) is 35.9 Å². The number of sulfonamides is 1. The van der Waals surface area contributed by atoms with Crippen LogP contribution in [0.1, 0.15) is 15.9 Å². The van der Waals surface area contributed by atoms with Crippen LogP contribution in [-0.4, -0.2) is 76.8 Å². The Kier molecular flexibility index (Phi) is 10.8. The first kappa shape index (κ1) is 32.2. The van der Waals surface area contributed by atoms with E-state index in [9.17, 15) is 26.4 Å². The highest BCUT2D eigenvalue weighted by Gasteiger charge is 2.38. The minimum absolute atomic E-state index is 0.0843. The molecule has 0 saturated carbocycles. The van der Waals surface area contributed by atoms with Crippen LogP contribution in [0.25, 0.3) is 0 Å². The standard InChI is InChI=1S/C26H30N4O4S.C2HF3O2/c1-29(19-20-7-4-3-5-8-20)26(31)21-11-12-25(30-15-13-27-14-16-30)24(17-21)28-35(32,33)23-10-6-9-22(18-23)34-2;3-2(4,5)1(6)7/h3-12,17-18,27-28H,13-16,19H2,1-2H3;(H,6,7). The number of carboxylic acid groups (broad SMARTS) is 1. The Morgan fingerprint density at radius 2 is 1.67 bits per heavy atom. The lowest BCUT2D eigenvalue weighted by molar-refractivity contribution is -0.192. The molecule has 3 N–H and O–H groups in total. The SMILES string of the molecule is COc1cccc(S(=O)(=O)Nc2cc(C(=O)N(C)Cc3ccccc3)ccc2N2CCNCC2)c1.O=C(O)C(F)(F)F. The van der Waals surface area contributed by atoms with Gasteiger partial charge in [0.05, 0.1) is 23.4 Å². The second-order valence-corrected chi connectivity index (χ2v) is 10.9. The number of ether oxygens (including phenoxy) is 1. The fourth-order valence-electron chi connectivity index (χ4n) is 4.05. The van der Waals surface area contributed by atoms with E-state index in [1.54, 1.807) is 36.2 Å². The van der Waals surface area contributed by atoms with Crippen molar-refractivity contribution in [3.05, 3.63) is 83.9 Å². The quantitative estimate of drug-likeness (QED) is 0.352. The molecule has 1 heterocycles. The van der Waals surface area contributed by atoms with Crippen LogP contribution in [0.2, 0.25) is 0 Å². The molecule has 1 saturated heterocycles. The second kappa shape index (κ2) is 14.0. The summed E-state index contributed by atoms with van der Waals surface area (Å²) < 4.78 is 66.2. The molecule has 1 amide bonds. The van der Waals surface area contributed by atoms with Crippen LogP contribution >= 0.6 is 0 Å². The maximum Gasteiger partial charge on any atom is 0.490 e. The fraction of sp³-hybridized carbons (Fsp3) is 0.286. The van der Waals surface area contributed by atoms with Gasteiger partial charge >= 0.3 is 12.1 Å². The molecule has 1 fully saturated rings. The number of aliphatic carboxylic acids is 1. The lowest BCUT2D eigenvalue weighted by Gasteiger charge is -2.31. The molecule has 3 aromatic carbocycles. The van der Waals surface area contributed by atoms with Crippen LogP contribution in [0.5, 0.6) is 5.75 Å². The minimum atomic E-state index is -5.08. The van der Waals surface area contributed by atoms with Gasteiger partial charge in [-0.3, -0.25) is 9.52 Å². The Morgan fingerprint density at radius 1 is 1.02 bits per heavy atom. The molecule has 0 atom stereocenters. The van der Waals surface area contributed by atoms with E-state index in [1.165, 1.54) is 19.2 Å². The summed E-state index contributed by atoms with van der Waals surface area (Å²) in [6, 6.07) is 21.2. The summed E-state index contributed by atoms with van der Waals surface area (Å²) in [5, 5.41) is 10.4. The molecule has 10 nitrogen and oxygen atoms in total. The first-order valence-corrected chi connectivity index (χ1v) is 14.2. The van der Waals surface area contributed by atoms with Crippen LogP contribution < -0.4 is 19.7 Å². The predicted molar refractivity (Wildman–Crippen MR) is 151 cm³/mol. The van der Waals surface area contributed by atoms with Crippen LogP contribution in [0.4, 0.5) is 24.5 Å². The number of halogens is 3. The lowest BCUT2D eigenvalue weighted by atomic mass is 10.1. The molecule has 0 bridgehead atoms. The molecule has 0 unspecified atom stereocenters. The third kappa shape index (κ3) is 8.85. The van der Waals surface area contributed by atoms with Crippen molar-refractivity contribution in [2.75, 3.05) is 50.0 Å². The van der Waals surface area contributed by atoms with E-state index in [1.807, 2.05) is 36.4 Å². The number of nitrogens with zero attached hydrogens (tertiary/aromatic N) is 2. The van der Waals surface area contributed by atoms with E-state index in [2.05, 4.69) is 14.9 Å². The van der Waals surface area contributed by atoms with Crippen molar-refractivity contribution in [2.45, 2.75) is 17.6 Å². The smallest absolute Gasteiger partial charge is 0.490 e. The van der Waals surface area contributed by atoms with Crippen molar-refractivity contribution in [1.29, 1.82) is 0 Å². The summed E-state index contributed by atoms with van der Waals surface area (Å²) >= 11 is 0. The van der Waals surface area contributed by atoms with Gasteiger partial charge in [0.15, 0.2) is 0 Å². The fourth-order valence-corrected chi connectivity index (χ4v) is 5.15. The topological polar surface area (TPSA) is 128 Å². The van der Waals surface area contributed by atoms with Crippen molar-refractivity contribution in [3.8, 4) is 5.75 Å². The number of rotatable bonds is 8. The molecule has 0 radical (unpaired) electrons. The van der Waals surface area contributed by atoms with Gasteiger partial charge in [0.1, 0.15) is 5.75 Å². The van der Waals surface area contributed by atoms with Crippen LogP contribution in [0.15, 0.2) is 77.7 Å². The summed E-state index contributed by atoms with van der Waals surface area (Å²) in [5.41, 5.74) is 2.53. The normalized spacial score (nSPS) is 13.4. The Labute approximate surface area is 241 Å². The van der Waals surface area contributed by atoms with E-state index in [-0.39, 0.29) is 10.8 Å². The zero-order valence-corrected chi connectivity index (χ0v) is 23.7. The summed E-state index contributed by atoms with van der Waals surface area (Å²) in [7, 11) is -0.691. The third-order valence-electron chi connectivity index (χ3n) is 6.15. The van der Waals surface area contributed by atoms with E-state index < -0.39 is 22.2 Å². The first-order chi connectivity index (χ1) is 19.8. The number of alkyl halides is 3. The van der Waals surface area contributed by atoms with E-state index in [0.717, 1.165) is 37.4 Å². The highest BCUT2D eigenvalue weighted by atomic mass is 32.2. The van der Waals surface area contributed by atoms with Crippen molar-refractivity contribution in [2.24, 2.45) is 0 Å². The predicted octanol–water partition coefficient (Wildman–Crippen LogP) is 3.81. The Hall–Kier alpha value is -4.30. The number of methoxy groups -OCH3 is 1. The number of hydrogen-bond donors (Lipinski definition) is 3. The van der Waals surface area contributed by atoms with E-state index >= 15 is 0 Å². The highest BCUT2D eigenvalue weighted by Crippen LogP contribution is 2.31. The Balaban J connectivity index is 0.000000616. The van der Waals surface area contributed by atoms with Gasteiger partial charge in [-0.15, -0.1) is 0 Å². The van der Waals surface area contributed by atoms with Gasteiger partial charge in [0.2, 0.25) is 0 Å². The molecule has 1 aliphatic heterocycles. The molecule has 226 valence electrons.